The van der Waals surface area contributed by atoms with Crippen LogP contribution in [-0.4, -0.2) is 23.6 Å². The maximum absolute atomic E-state index is 13.4. The van der Waals surface area contributed by atoms with E-state index in [1.165, 1.54) is 18.2 Å². The molecule has 0 aliphatic carbocycles. The van der Waals surface area contributed by atoms with Gasteiger partial charge >= 0.3 is 5.97 Å². The first kappa shape index (κ1) is 16.6. The summed E-state index contributed by atoms with van der Waals surface area (Å²) in [5.74, 6) is -2.00. The molecule has 0 aliphatic rings. The minimum atomic E-state index is -1.46. The highest BCUT2D eigenvalue weighted by Crippen LogP contribution is 2.15. The number of hydrogen-bond donors (Lipinski definition) is 2. The SMILES string of the molecule is Cc1ccc(NC(=O)COC(=O)[C@H](O)c2ccccc2)cc1F. The number of nitrogens with one attached hydrogen (secondary N) is 1. The minimum Gasteiger partial charge on any atom is -0.453 e. The molecule has 0 radical (unpaired) electrons. The summed E-state index contributed by atoms with van der Waals surface area (Å²) in [4.78, 5) is 23.4. The van der Waals surface area contributed by atoms with E-state index in [2.05, 4.69) is 5.32 Å². The number of rotatable bonds is 5. The first-order valence-corrected chi connectivity index (χ1v) is 6.93. The number of ether oxygens (including phenoxy) is 1. The van der Waals surface area contributed by atoms with Crippen LogP contribution < -0.4 is 5.32 Å². The third-order valence-electron chi connectivity index (χ3n) is 3.14. The van der Waals surface area contributed by atoms with Gasteiger partial charge in [-0.25, -0.2) is 9.18 Å². The number of aliphatic hydroxyl groups excluding tert-OH is 1. The van der Waals surface area contributed by atoms with Crippen LogP contribution in [0, 0.1) is 12.7 Å². The molecule has 23 heavy (non-hydrogen) atoms. The zero-order valence-corrected chi connectivity index (χ0v) is 12.5. The second-order valence-corrected chi connectivity index (χ2v) is 4.93. The molecule has 5 nitrogen and oxygen atoms in total. The maximum atomic E-state index is 13.4. The lowest BCUT2D eigenvalue weighted by Gasteiger charge is -2.11. The highest BCUT2D eigenvalue weighted by Gasteiger charge is 2.19. The minimum absolute atomic E-state index is 0.262. The predicted molar refractivity (Wildman–Crippen MR) is 82.1 cm³/mol. The number of hydrogen-bond acceptors (Lipinski definition) is 4. The summed E-state index contributed by atoms with van der Waals surface area (Å²) in [5, 5.41) is 12.2. The fourth-order valence-corrected chi connectivity index (χ4v) is 1.85. The molecule has 120 valence electrons. The van der Waals surface area contributed by atoms with Gasteiger partial charge in [0.1, 0.15) is 5.82 Å². The molecule has 0 bridgehead atoms. The van der Waals surface area contributed by atoms with Crippen molar-refractivity contribution in [3.63, 3.8) is 0 Å². The normalized spacial score (nSPS) is 11.6. The molecule has 2 aromatic rings. The molecule has 1 amide bonds. The summed E-state index contributed by atoms with van der Waals surface area (Å²) in [6, 6.07) is 12.5. The lowest BCUT2D eigenvalue weighted by atomic mass is 10.1. The van der Waals surface area contributed by atoms with Gasteiger partial charge in [-0.1, -0.05) is 36.4 Å². The highest BCUT2D eigenvalue weighted by molar-refractivity contribution is 5.93. The Labute approximate surface area is 132 Å². The number of esters is 1. The van der Waals surface area contributed by atoms with Crippen molar-refractivity contribution in [1.82, 2.24) is 0 Å². The average molecular weight is 317 g/mol. The summed E-state index contributed by atoms with van der Waals surface area (Å²) in [5.41, 5.74) is 1.09. The Hall–Kier alpha value is -2.73. The number of benzene rings is 2. The van der Waals surface area contributed by atoms with E-state index in [-0.39, 0.29) is 5.69 Å². The predicted octanol–water partition coefficient (Wildman–Crippen LogP) is 2.35. The second-order valence-electron chi connectivity index (χ2n) is 4.93. The van der Waals surface area contributed by atoms with E-state index in [1.54, 1.807) is 37.3 Å². The van der Waals surface area contributed by atoms with Crippen LogP contribution in [0.2, 0.25) is 0 Å². The zero-order chi connectivity index (χ0) is 16.8. The number of amides is 1. The van der Waals surface area contributed by atoms with Crippen molar-refractivity contribution < 1.29 is 23.8 Å². The summed E-state index contributed by atoms with van der Waals surface area (Å²) >= 11 is 0. The molecule has 2 N–H and O–H groups in total. The van der Waals surface area contributed by atoms with E-state index < -0.39 is 30.4 Å². The van der Waals surface area contributed by atoms with Gasteiger partial charge in [0.25, 0.3) is 5.91 Å². The number of halogens is 1. The van der Waals surface area contributed by atoms with Crippen molar-refractivity contribution in [3.8, 4) is 0 Å². The van der Waals surface area contributed by atoms with Gasteiger partial charge in [0.05, 0.1) is 0 Å². The third-order valence-corrected chi connectivity index (χ3v) is 3.14. The molecule has 0 saturated heterocycles. The Balaban J connectivity index is 1.86. The smallest absolute Gasteiger partial charge is 0.340 e. The molecule has 0 aliphatic heterocycles. The topological polar surface area (TPSA) is 75.6 Å². The molecular formula is C17H16FNO4. The van der Waals surface area contributed by atoms with Gasteiger partial charge in [-0.15, -0.1) is 0 Å². The van der Waals surface area contributed by atoms with Crippen LogP contribution in [0.3, 0.4) is 0 Å². The summed E-state index contributed by atoms with van der Waals surface area (Å²) in [7, 11) is 0. The number of carbonyl (C=O) groups is 2. The molecule has 0 spiro atoms. The molecule has 2 rings (SSSR count). The van der Waals surface area contributed by atoms with Crippen molar-refractivity contribution in [2.75, 3.05) is 11.9 Å². The van der Waals surface area contributed by atoms with Crippen LogP contribution in [0.25, 0.3) is 0 Å². The zero-order valence-electron chi connectivity index (χ0n) is 12.5. The van der Waals surface area contributed by atoms with E-state index in [1.807, 2.05) is 0 Å². The molecule has 0 fully saturated rings. The maximum Gasteiger partial charge on any atom is 0.340 e. The van der Waals surface area contributed by atoms with Gasteiger partial charge in [-0.05, 0) is 30.2 Å². The van der Waals surface area contributed by atoms with Gasteiger partial charge in [-0.3, -0.25) is 4.79 Å². The van der Waals surface area contributed by atoms with E-state index in [0.717, 1.165) is 0 Å². The first-order valence-electron chi connectivity index (χ1n) is 6.93. The van der Waals surface area contributed by atoms with Crippen molar-refractivity contribution >= 4 is 17.6 Å². The van der Waals surface area contributed by atoms with Crippen molar-refractivity contribution in [2.24, 2.45) is 0 Å². The summed E-state index contributed by atoms with van der Waals surface area (Å²) in [6.07, 6.45) is -1.46. The van der Waals surface area contributed by atoms with Crippen LogP contribution in [0.1, 0.15) is 17.2 Å². The van der Waals surface area contributed by atoms with Gasteiger partial charge in [0.15, 0.2) is 12.7 Å². The quantitative estimate of drug-likeness (QED) is 0.830. The van der Waals surface area contributed by atoms with Crippen LogP contribution in [-0.2, 0) is 14.3 Å². The monoisotopic (exact) mass is 317 g/mol. The molecule has 6 heteroatoms. The lowest BCUT2D eigenvalue weighted by Crippen LogP contribution is -2.24. The molecule has 0 saturated carbocycles. The molecule has 0 heterocycles. The Morgan fingerprint density at radius 3 is 2.57 bits per heavy atom. The van der Waals surface area contributed by atoms with E-state index in [0.29, 0.717) is 11.1 Å². The molecule has 2 aromatic carbocycles. The summed E-state index contributed by atoms with van der Waals surface area (Å²) in [6.45, 7) is 1.03. The van der Waals surface area contributed by atoms with Crippen LogP contribution in [0.15, 0.2) is 48.5 Å². The Kier molecular flexibility index (Phi) is 5.43. The number of aryl methyl sites for hydroxylation is 1. The molecule has 0 aromatic heterocycles. The van der Waals surface area contributed by atoms with E-state index >= 15 is 0 Å². The summed E-state index contributed by atoms with van der Waals surface area (Å²) < 4.78 is 18.1. The fraction of sp³-hybridized carbons (Fsp3) is 0.176. The van der Waals surface area contributed by atoms with Gasteiger partial charge in [0.2, 0.25) is 0 Å². The van der Waals surface area contributed by atoms with E-state index in [4.69, 9.17) is 4.74 Å². The lowest BCUT2D eigenvalue weighted by molar-refractivity contribution is -0.156. The first-order chi connectivity index (χ1) is 11.0. The standard InChI is InChI=1S/C17H16FNO4/c1-11-7-8-13(9-14(11)18)19-15(20)10-23-17(22)16(21)12-5-3-2-4-6-12/h2-9,16,21H,10H2,1H3,(H,19,20)/t16-/m1/s1. The van der Waals surface area contributed by atoms with Crippen molar-refractivity contribution in [1.29, 1.82) is 0 Å². The van der Waals surface area contributed by atoms with Crippen molar-refractivity contribution in [3.05, 3.63) is 65.5 Å². The molecule has 1 atom stereocenters. The fourth-order valence-electron chi connectivity index (χ4n) is 1.85. The number of aliphatic hydroxyl groups is 1. The molecular weight excluding hydrogens is 301 g/mol. The largest absolute Gasteiger partial charge is 0.453 e. The third kappa shape index (κ3) is 4.62. The highest BCUT2D eigenvalue weighted by atomic mass is 19.1. The molecule has 0 unspecified atom stereocenters. The second kappa shape index (κ2) is 7.51. The van der Waals surface area contributed by atoms with Gasteiger partial charge < -0.3 is 15.2 Å². The van der Waals surface area contributed by atoms with E-state index in [9.17, 15) is 19.1 Å². The number of carbonyl (C=O) groups excluding carboxylic acids is 2. The number of anilines is 1. The van der Waals surface area contributed by atoms with Gasteiger partial charge in [-0.2, -0.15) is 0 Å². The van der Waals surface area contributed by atoms with Crippen LogP contribution in [0.5, 0.6) is 0 Å². The Bertz CT molecular complexity index is 703. The Morgan fingerprint density at radius 1 is 1.22 bits per heavy atom. The average Bonchev–Trinajstić information content (AvgIpc) is 2.56. The van der Waals surface area contributed by atoms with Crippen LogP contribution >= 0.6 is 0 Å². The van der Waals surface area contributed by atoms with Gasteiger partial charge in [0, 0.05) is 5.69 Å². The van der Waals surface area contributed by atoms with Crippen molar-refractivity contribution in [2.45, 2.75) is 13.0 Å². The van der Waals surface area contributed by atoms with Crippen LogP contribution in [0.4, 0.5) is 10.1 Å². The Morgan fingerprint density at radius 2 is 1.91 bits per heavy atom.